The molecule has 2 rings (SSSR count). The van der Waals surface area contributed by atoms with Gasteiger partial charge in [0.2, 0.25) is 0 Å². The number of rotatable bonds is 2. The molecular formula is C12H13NO3. The normalized spacial score (nSPS) is 23.8. The molecule has 0 bridgehead atoms. The van der Waals surface area contributed by atoms with Gasteiger partial charge < -0.3 is 9.84 Å². The average molecular weight is 219 g/mol. The lowest BCUT2D eigenvalue weighted by Gasteiger charge is -2.15. The van der Waals surface area contributed by atoms with Crippen LogP contribution >= 0.6 is 0 Å². The van der Waals surface area contributed by atoms with Gasteiger partial charge >= 0.3 is 5.97 Å². The third kappa shape index (κ3) is 1.91. The molecule has 84 valence electrons. The highest BCUT2D eigenvalue weighted by Gasteiger charge is 2.36. The summed E-state index contributed by atoms with van der Waals surface area (Å²) >= 11 is 0. The van der Waals surface area contributed by atoms with Crippen LogP contribution in [-0.4, -0.2) is 23.0 Å². The van der Waals surface area contributed by atoms with E-state index in [9.17, 15) is 4.79 Å². The first-order chi connectivity index (χ1) is 7.58. The second-order valence-electron chi connectivity index (χ2n) is 3.88. The van der Waals surface area contributed by atoms with Crippen molar-refractivity contribution in [1.82, 2.24) is 0 Å². The molecule has 4 nitrogen and oxygen atoms in total. The molecule has 1 aromatic rings. The van der Waals surface area contributed by atoms with Gasteiger partial charge in [-0.15, -0.1) is 0 Å². The van der Waals surface area contributed by atoms with E-state index in [1.165, 1.54) is 0 Å². The minimum atomic E-state index is -0.955. The zero-order chi connectivity index (χ0) is 11.7. The Balaban J connectivity index is 2.32. The van der Waals surface area contributed by atoms with E-state index >= 15 is 0 Å². The Bertz CT molecular complexity index is 453. The van der Waals surface area contributed by atoms with Gasteiger partial charge in [0.1, 0.15) is 0 Å². The summed E-state index contributed by atoms with van der Waals surface area (Å²) < 4.78 is 5.45. The van der Waals surface area contributed by atoms with Crippen molar-refractivity contribution in [3.05, 3.63) is 35.4 Å². The Morgan fingerprint density at radius 2 is 2.19 bits per heavy atom. The van der Waals surface area contributed by atoms with E-state index in [-0.39, 0.29) is 0 Å². The van der Waals surface area contributed by atoms with Crippen molar-refractivity contribution >= 4 is 11.9 Å². The zero-order valence-electron chi connectivity index (χ0n) is 9.18. The molecule has 0 aromatic heterocycles. The molecule has 1 aromatic carbocycles. The predicted octanol–water partition coefficient (Wildman–Crippen LogP) is 1.94. The minimum Gasteiger partial charge on any atom is -0.480 e. The molecule has 0 amide bonds. The number of carboxylic acid groups (broad SMARTS) is 1. The lowest BCUT2D eigenvalue weighted by Crippen LogP contribution is -2.23. The second kappa shape index (κ2) is 3.96. The van der Waals surface area contributed by atoms with Crippen LogP contribution in [0.3, 0.4) is 0 Å². The monoisotopic (exact) mass is 219 g/mol. The fourth-order valence-electron chi connectivity index (χ4n) is 1.82. The van der Waals surface area contributed by atoms with Gasteiger partial charge in [-0.2, -0.15) is 0 Å². The first kappa shape index (κ1) is 10.7. The Morgan fingerprint density at radius 3 is 2.81 bits per heavy atom. The van der Waals surface area contributed by atoms with Gasteiger partial charge in [-0.3, -0.25) is 0 Å². The first-order valence-corrected chi connectivity index (χ1v) is 5.08. The first-order valence-electron chi connectivity index (χ1n) is 5.08. The highest BCUT2D eigenvalue weighted by Crippen LogP contribution is 2.29. The predicted molar refractivity (Wildman–Crippen MR) is 59.5 cm³/mol. The van der Waals surface area contributed by atoms with Crippen LogP contribution in [0, 0.1) is 6.92 Å². The van der Waals surface area contributed by atoms with Crippen LogP contribution in [0.1, 0.15) is 24.2 Å². The molecule has 4 heteroatoms. The highest BCUT2D eigenvalue weighted by molar-refractivity contribution is 5.84. The highest BCUT2D eigenvalue weighted by atomic mass is 16.5. The summed E-state index contributed by atoms with van der Waals surface area (Å²) in [4.78, 5) is 15.0. The van der Waals surface area contributed by atoms with Gasteiger partial charge in [0, 0.05) is 6.92 Å². The largest absolute Gasteiger partial charge is 0.480 e. The summed E-state index contributed by atoms with van der Waals surface area (Å²) in [5, 5.41) is 9.04. The standard InChI is InChI=1S/C12H13NO3/c1-7-4-3-5-9(6-7)11-10(12(14)15)13-8(2)16-11/h3-6,10-11H,1-2H3,(H,14,15). The maximum absolute atomic E-state index is 11.0. The van der Waals surface area contributed by atoms with Gasteiger partial charge in [0.25, 0.3) is 0 Å². The van der Waals surface area contributed by atoms with Crippen LogP contribution in [0.15, 0.2) is 29.3 Å². The van der Waals surface area contributed by atoms with Crippen LogP contribution in [0.2, 0.25) is 0 Å². The van der Waals surface area contributed by atoms with E-state index in [4.69, 9.17) is 9.84 Å². The molecule has 0 radical (unpaired) electrons. The fraction of sp³-hybridized carbons (Fsp3) is 0.333. The molecule has 0 fully saturated rings. The van der Waals surface area contributed by atoms with Gasteiger partial charge in [0.15, 0.2) is 18.0 Å². The van der Waals surface area contributed by atoms with E-state index in [0.717, 1.165) is 11.1 Å². The molecule has 1 heterocycles. The van der Waals surface area contributed by atoms with Crippen molar-refractivity contribution in [2.45, 2.75) is 26.0 Å². The van der Waals surface area contributed by atoms with Gasteiger partial charge in [0.05, 0.1) is 0 Å². The zero-order valence-corrected chi connectivity index (χ0v) is 9.18. The molecular weight excluding hydrogens is 206 g/mol. The number of benzene rings is 1. The summed E-state index contributed by atoms with van der Waals surface area (Å²) in [6.07, 6.45) is -0.502. The van der Waals surface area contributed by atoms with E-state index in [0.29, 0.717) is 5.90 Å². The van der Waals surface area contributed by atoms with E-state index in [1.54, 1.807) is 6.92 Å². The quantitative estimate of drug-likeness (QED) is 0.826. The number of ether oxygens (including phenoxy) is 1. The van der Waals surface area contributed by atoms with Crippen LogP contribution in [0.25, 0.3) is 0 Å². The number of aryl methyl sites for hydroxylation is 1. The molecule has 0 saturated heterocycles. The van der Waals surface area contributed by atoms with Crippen molar-refractivity contribution in [3.8, 4) is 0 Å². The third-order valence-corrected chi connectivity index (χ3v) is 2.53. The number of carboxylic acids is 1. The summed E-state index contributed by atoms with van der Waals surface area (Å²) in [6, 6.07) is 6.81. The molecule has 1 aliphatic rings. The minimum absolute atomic E-state index is 0.430. The molecule has 0 spiro atoms. The summed E-state index contributed by atoms with van der Waals surface area (Å²) in [7, 11) is 0. The smallest absolute Gasteiger partial charge is 0.332 e. The second-order valence-corrected chi connectivity index (χ2v) is 3.88. The number of hydrogen-bond acceptors (Lipinski definition) is 3. The number of carbonyl (C=O) groups is 1. The number of aliphatic imine (C=N–C) groups is 1. The van der Waals surface area contributed by atoms with Crippen LogP contribution < -0.4 is 0 Å². The lowest BCUT2D eigenvalue weighted by molar-refractivity contribution is -0.140. The fourth-order valence-corrected chi connectivity index (χ4v) is 1.82. The Kier molecular flexibility index (Phi) is 2.64. The van der Waals surface area contributed by atoms with Gasteiger partial charge in [-0.25, -0.2) is 9.79 Å². The van der Waals surface area contributed by atoms with Crippen molar-refractivity contribution in [3.63, 3.8) is 0 Å². The van der Waals surface area contributed by atoms with Crippen molar-refractivity contribution < 1.29 is 14.6 Å². The van der Waals surface area contributed by atoms with E-state index < -0.39 is 18.1 Å². The Morgan fingerprint density at radius 1 is 1.44 bits per heavy atom. The Labute approximate surface area is 93.6 Å². The third-order valence-electron chi connectivity index (χ3n) is 2.53. The van der Waals surface area contributed by atoms with Crippen molar-refractivity contribution in [2.24, 2.45) is 4.99 Å². The molecule has 2 unspecified atom stereocenters. The maximum Gasteiger partial charge on any atom is 0.332 e. The molecule has 1 N–H and O–H groups in total. The van der Waals surface area contributed by atoms with Crippen LogP contribution in [0.4, 0.5) is 0 Å². The molecule has 2 atom stereocenters. The van der Waals surface area contributed by atoms with Crippen molar-refractivity contribution in [2.75, 3.05) is 0 Å². The van der Waals surface area contributed by atoms with Crippen LogP contribution in [-0.2, 0) is 9.53 Å². The SMILES string of the molecule is CC1=NC(C(=O)O)C(c2cccc(C)c2)O1. The number of aliphatic carboxylic acids is 1. The topological polar surface area (TPSA) is 58.9 Å². The Hall–Kier alpha value is -1.84. The molecule has 0 aliphatic carbocycles. The van der Waals surface area contributed by atoms with E-state index in [1.807, 2.05) is 31.2 Å². The number of hydrogen-bond donors (Lipinski definition) is 1. The van der Waals surface area contributed by atoms with Gasteiger partial charge in [-0.1, -0.05) is 29.8 Å². The lowest BCUT2D eigenvalue weighted by atomic mass is 10.0. The number of nitrogens with zero attached hydrogens (tertiary/aromatic N) is 1. The van der Waals surface area contributed by atoms with Gasteiger partial charge in [-0.05, 0) is 12.5 Å². The summed E-state index contributed by atoms with van der Waals surface area (Å²) in [5.41, 5.74) is 1.93. The molecule has 16 heavy (non-hydrogen) atoms. The summed E-state index contributed by atoms with van der Waals surface area (Å²) in [6.45, 7) is 3.63. The van der Waals surface area contributed by atoms with Crippen molar-refractivity contribution in [1.29, 1.82) is 0 Å². The molecule has 0 saturated carbocycles. The average Bonchev–Trinajstić information content (AvgIpc) is 2.60. The summed E-state index contributed by atoms with van der Waals surface area (Å²) in [5.74, 6) is -0.526. The van der Waals surface area contributed by atoms with E-state index in [2.05, 4.69) is 4.99 Å². The van der Waals surface area contributed by atoms with Crippen LogP contribution in [0.5, 0.6) is 0 Å². The molecule has 1 aliphatic heterocycles. The maximum atomic E-state index is 11.0.